The fraction of sp³-hybridized carbons (Fsp3) is 1.00. The summed E-state index contributed by atoms with van der Waals surface area (Å²) in [5.74, 6) is 0.451. The monoisotopic (exact) mass is 318 g/mol. The fourth-order valence-electron chi connectivity index (χ4n) is 3.50. The Morgan fingerprint density at radius 2 is 2.14 bits per heavy atom. The highest BCUT2D eigenvalue weighted by atomic mass is 32.2. The summed E-state index contributed by atoms with van der Waals surface area (Å²) in [5.41, 5.74) is 0. The molecule has 0 saturated carbocycles. The van der Waals surface area contributed by atoms with Crippen LogP contribution in [-0.4, -0.2) is 57.4 Å². The van der Waals surface area contributed by atoms with E-state index in [9.17, 15) is 8.42 Å². The summed E-state index contributed by atoms with van der Waals surface area (Å²) in [4.78, 5) is 0. The highest BCUT2D eigenvalue weighted by Gasteiger charge is 2.31. The number of hydrogen-bond acceptors (Lipinski definition) is 4. The fourth-order valence-corrected chi connectivity index (χ4v) is 4.44. The van der Waals surface area contributed by atoms with Crippen molar-refractivity contribution in [1.29, 1.82) is 0 Å². The molecule has 0 amide bonds. The first-order valence-electron chi connectivity index (χ1n) is 8.30. The van der Waals surface area contributed by atoms with Gasteiger partial charge in [0.2, 0.25) is 10.0 Å². The highest BCUT2D eigenvalue weighted by molar-refractivity contribution is 7.88. The van der Waals surface area contributed by atoms with Gasteiger partial charge in [-0.1, -0.05) is 6.92 Å². The van der Waals surface area contributed by atoms with Gasteiger partial charge in [0.15, 0.2) is 0 Å². The minimum Gasteiger partial charge on any atom is -0.377 e. The molecule has 3 atom stereocenters. The van der Waals surface area contributed by atoms with E-state index in [2.05, 4.69) is 12.2 Å². The number of piperidine rings is 1. The van der Waals surface area contributed by atoms with Crippen molar-refractivity contribution in [3.8, 4) is 0 Å². The number of hydrogen-bond donors (Lipinski definition) is 1. The summed E-state index contributed by atoms with van der Waals surface area (Å²) < 4.78 is 31.0. The average molecular weight is 318 g/mol. The Kier molecular flexibility index (Phi) is 6.47. The number of nitrogens with zero attached hydrogens (tertiary/aromatic N) is 1. The first-order valence-corrected chi connectivity index (χ1v) is 10.2. The van der Waals surface area contributed by atoms with Crippen molar-refractivity contribution < 1.29 is 13.2 Å². The molecule has 0 aliphatic carbocycles. The molecule has 0 spiro atoms. The Balaban J connectivity index is 1.92. The maximum atomic E-state index is 11.7. The Morgan fingerprint density at radius 3 is 2.76 bits per heavy atom. The molecular weight excluding hydrogens is 288 g/mol. The Hall–Kier alpha value is -0.170. The highest BCUT2D eigenvalue weighted by Crippen LogP contribution is 2.26. The SMILES string of the molecule is CCCNC(CC1CCCN(S(C)(=O)=O)C1)C1CCCO1. The minimum atomic E-state index is -3.05. The molecule has 0 aromatic carbocycles. The van der Waals surface area contributed by atoms with E-state index in [4.69, 9.17) is 4.74 Å². The van der Waals surface area contributed by atoms with E-state index in [1.807, 2.05) is 0 Å². The molecule has 124 valence electrons. The lowest BCUT2D eigenvalue weighted by Gasteiger charge is -2.34. The smallest absolute Gasteiger partial charge is 0.211 e. The van der Waals surface area contributed by atoms with Gasteiger partial charge in [0.1, 0.15) is 0 Å². The zero-order valence-electron chi connectivity index (χ0n) is 13.4. The summed E-state index contributed by atoms with van der Waals surface area (Å²) in [6.45, 7) is 5.41. The summed E-state index contributed by atoms with van der Waals surface area (Å²) in [6.07, 6.45) is 8.15. The first kappa shape index (κ1) is 17.2. The maximum Gasteiger partial charge on any atom is 0.211 e. The maximum absolute atomic E-state index is 11.7. The van der Waals surface area contributed by atoms with E-state index < -0.39 is 10.0 Å². The van der Waals surface area contributed by atoms with Gasteiger partial charge in [0.05, 0.1) is 12.4 Å². The van der Waals surface area contributed by atoms with Crippen LogP contribution in [0.4, 0.5) is 0 Å². The van der Waals surface area contributed by atoms with E-state index >= 15 is 0 Å². The van der Waals surface area contributed by atoms with Crippen LogP contribution in [0, 0.1) is 5.92 Å². The molecule has 0 bridgehead atoms. The molecule has 2 saturated heterocycles. The third-order valence-corrected chi connectivity index (χ3v) is 5.88. The zero-order valence-corrected chi connectivity index (χ0v) is 14.2. The lowest BCUT2D eigenvalue weighted by atomic mass is 9.89. The molecule has 0 radical (unpaired) electrons. The van der Waals surface area contributed by atoms with Gasteiger partial charge in [0, 0.05) is 25.7 Å². The molecule has 2 fully saturated rings. The minimum absolute atomic E-state index is 0.310. The molecule has 2 aliphatic rings. The van der Waals surface area contributed by atoms with Crippen molar-refractivity contribution in [3.05, 3.63) is 0 Å². The van der Waals surface area contributed by atoms with Gasteiger partial charge in [-0.15, -0.1) is 0 Å². The second-order valence-electron chi connectivity index (χ2n) is 6.48. The first-order chi connectivity index (χ1) is 10.0. The number of sulfonamides is 1. The zero-order chi connectivity index (χ0) is 15.3. The normalized spacial score (nSPS) is 29.6. The van der Waals surface area contributed by atoms with Crippen LogP contribution < -0.4 is 5.32 Å². The van der Waals surface area contributed by atoms with Crippen molar-refractivity contribution in [2.75, 3.05) is 32.5 Å². The van der Waals surface area contributed by atoms with Crippen molar-refractivity contribution >= 4 is 10.0 Å². The van der Waals surface area contributed by atoms with E-state index in [1.54, 1.807) is 4.31 Å². The summed E-state index contributed by atoms with van der Waals surface area (Å²) in [7, 11) is -3.05. The molecule has 5 nitrogen and oxygen atoms in total. The van der Waals surface area contributed by atoms with Crippen LogP contribution in [-0.2, 0) is 14.8 Å². The Bertz CT molecular complexity index is 407. The van der Waals surface area contributed by atoms with E-state index in [0.29, 0.717) is 31.2 Å². The molecule has 0 aromatic rings. The van der Waals surface area contributed by atoms with Gasteiger partial charge < -0.3 is 10.1 Å². The second kappa shape index (κ2) is 7.90. The lowest BCUT2D eigenvalue weighted by molar-refractivity contribution is 0.0657. The predicted octanol–water partition coefficient (Wildman–Crippen LogP) is 1.60. The van der Waals surface area contributed by atoms with Gasteiger partial charge in [-0.05, 0) is 51.0 Å². The standard InChI is InChI=1S/C15H30N2O3S/c1-3-8-16-14(15-7-5-10-20-15)11-13-6-4-9-17(12-13)21(2,18)19/h13-16H,3-12H2,1-2H3. The van der Waals surface area contributed by atoms with Crippen LogP contribution in [0.3, 0.4) is 0 Å². The molecule has 1 N–H and O–H groups in total. The summed E-state index contributed by atoms with van der Waals surface area (Å²) >= 11 is 0. The van der Waals surface area contributed by atoms with E-state index in [0.717, 1.165) is 51.7 Å². The molecule has 0 aromatic heterocycles. The van der Waals surface area contributed by atoms with Crippen LogP contribution in [0.5, 0.6) is 0 Å². The Labute approximate surface area is 129 Å². The molecule has 2 rings (SSSR count). The van der Waals surface area contributed by atoms with E-state index in [1.165, 1.54) is 6.26 Å². The molecule has 6 heteroatoms. The van der Waals surface area contributed by atoms with E-state index in [-0.39, 0.29) is 0 Å². The average Bonchev–Trinajstić information content (AvgIpc) is 2.97. The molecule has 21 heavy (non-hydrogen) atoms. The summed E-state index contributed by atoms with van der Waals surface area (Å²) in [6, 6.07) is 0.372. The largest absolute Gasteiger partial charge is 0.377 e. The van der Waals surface area contributed by atoms with Gasteiger partial charge >= 0.3 is 0 Å². The van der Waals surface area contributed by atoms with Crippen molar-refractivity contribution in [1.82, 2.24) is 9.62 Å². The molecule has 2 aliphatic heterocycles. The van der Waals surface area contributed by atoms with Crippen LogP contribution in [0.2, 0.25) is 0 Å². The van der Waals surface area contributed by atoms with Gasteiger partial charge in [-0.25, -0.2) is 12.7 Å². The van der Waals surface area contributed by atoms with Crippen molar-refractivity contribution in [2.45, 2.75) is 57.6 Å². The number of nitrogens with one attached hydrogen (secondary N) is 1. The van der Waals surface area contributed by atoms with Crippen molar-refractivity contribution in [2.24, 2.45) is 5.92 Å². The number of ether oxygens (including phenoxy) is 1. The van der Waals surface area contributed by atoms with Crippen LogP contribution in [0.25, 0.3) is 0 Å². The molecule has 3 unspecified atom stereocenters. The summed E-state index contributed by atoms with van der Waals surface area (Å²) in [5, 5.41) is 3.62. The van der Waals surface area contributed by atoms with Crippen LogP contribution in [0.15, 0.2) is 0 Å². The topological polar surface area (TPSA) is 58.6 Å². The third kappa shape index (κ3) is 5.20. The van der Waals surface area contributed by atoms with Gasteiger partial charge in [0.25, 0.3) is 0 Å². The lowest BCUT2D eigenvalue weighted by Crippen LogP contribution is -2.45. The number of rotatable bonds is 7. The quantitative estimate of drug-likeness (QED) is 0.774. The Morgan fingerprint density at radius 1 is 1.33 bits per heavy atom. The predicted molar refractivity (Wildman–Crippen MR) is 84.8 cm³/mol. The molecular formula is C15H30N2O3S. The van der Waals surface area contributed by atoms with Gasteiger partial charge in [-0.3, -0.25) is 0 Å². The third-order valence-electron chi connectivity index (χ3n) is 4.61. The molecule has 2 heterocycles. The van der Waals surface area contributed by atoms with Gasteiger partial charge in [-0.2, -0.15) is 0 Å². The second-order valence-corrected chi connectivity index (χ2v) is 8.46. The van der Waals surface area contributed by atoms with Crippen molar-refractivity contribution in [3.63, 3.8) is 0 Å². The van der Waals surface area contributed by atoms with Crippen LogP contribution in [0.1, 0.15) is 45.4 Å². The van der Waals surface area contributed by atoms with Crippen LogP contribution >= 0.6 is 0 Å².